The molecule has 2 heterocycles. The van der Waals surface area contributed by atoms with Crippen molar-refractivity contribution in [1.82, 2.24) is 15.5 Å². The highest BCUT2D eigenvalue weighted by Gasteiger charge is 2.17. The summed E-state index contributed by atoms with van der Waals surface area (Å²) in [6.07, 6.45) is -0.657. The molecule has 1 N–H and O–H groups in total. The van der Waals surface area contributed by atoms with Gasteiger partial charge in [-0.1, -0.05) is 47.6 Å². The fraction of sp³-hybridized carbons (Fsp3) is 0.150. The van der Waals surface area contributed by atoms with E-state index in [4.69, 9.17) is 9.26 Å². The lowest BCUT2D eigenvalue weighted by Crippen LogP contribution is -2.36. The molecule has 1 amide bonds. The van der Waals surface area contributed by atoms with Crippen LogP contribution in [0.15, 0.2) is 64.5 Å². The van der Waals surface area contributed by atoms with E-state index in [0.717, 1.165) is 15.6 Å². The molecule has 0 bridgehead atoms. The first kappa shape index (κ1) is 17.2. The van der Waals surface area contributed by atoms with Crippen molar-refractivity contribution < 1.29 is 14.1 Å². The lowest BCUT2D eigenvalue weighted by molar-refractivity contribution is -0.127. The highest BCUT2D eigenvalue weighted by Crippen LogP contribution is 2.26. The van der Waals surface area contributed by atoms with Gasteiger partial charge in [0.05, 0.1) is 11.4 Å². The number of amides is 1. The highest BCUT2D eigenvalue weighted by molar-refractivity contribution is 7.13. The second kappa shape index (κ2) is 7.59. The lowest BCUT2D eigenvalue weighted by Gasteiger charge is -2.15. The number of thiophene rings is 1. The molecule has 0 spiro atoms. The van der Waals surface area contributed by atoms with E-state index >= 15 is 0 Å². The maximum Gasteiger partial charge on any atom is 0.261 e. The van der Waals surface area contributed by atoms with Crippen LogP contribution in [0.4, 0.5) is 0 Å². The SMILES string of the molecule is CC(Oc1cccc2ccccc12)C(=O)NCc1nc(-c2cccs2)no1. The van der Waals surface area contributed by atoms with Gasteiger partial charge in [-0.25, -0.2) is 0 Å². The van der Waals surface area contributed by atoms with Crippen LogP contribution in [0.25, 0.3) is 21.5 Å². The number of nitrogens with one attached hydrogen (secondary N) is 1. The molecule has 2 aromatic heterocycles. The summed E-state index contributed by atoms with van der Waals surface area (Å²) in [7, 11) is 0. The lowest BCUT2D eigenvalue weighted by atomic mass is 10.1. The molecule has 0 aliphatic rings. The average Bonchev–Trinajstić information content (AvgIpc) is 3.38. The summed E-state index contributed by atoms with van der Waals surface area (Å²) in [5.74, 6) is 1.30. The molecular weight excluding hydrogens is 362 g/mol. The first-order valence-corrected chi connectivity index (χ1v) is 9.37. The average molecular weight is 379 g/mol. The zero-order valence-electron chi connectivity index (χ0n) is 14.6. The number of aromatic nitrogens is 2. The summed E-state index contributed by atoms with van der Waals surface area (Å²) in [5.41, 5.74) is 0. The van der Waals surface area contributed by atoms with Crippen molar-refractivity contribution in [3.05, 3.63) is 65.9 Å². The summed E-state index contributed by atoms with van der Waals surface area (Å²) in [6, 6.07) is 17.5. The Morgan fingerprint density at radius 3 is 2.89 bits per heavy atom. The third-order valence-electron chi connectivity index (χ3n) is 4.05. The summed E-state index contributed by atoms with van der Waals surface area (Å²) in [6.45, 7) is 1.86. The van der Waals surface area contributed by atoms with Gasteiger partial charge < -0.3 is 14.6 Å². The van der Waals surface area contributed by atoms with Crippen LogP contribution in [0.2, 0.25) is 0 Å². The second-order valence-corrected chi connectivity index (χ2v) is 6.89. The second-order valence-electron chi connectivity index (χ2n) is 5.94. The summed E-state index contributed by atoms with van der Waals surface area (Å²) >= 11 is 1.53. The van der Waals surface area contributed by atoms with Gasteiger partial charge in [0, 0.05) is 5.39 Å². The molecule has 6 nitrogen and oxygen atoms in total. The molecule has 1 unspecified atom stereocenters. The zero-order valence-corrected chi connectivity index (χ0v) is 15.4. The fourth-order valence-corrected chi connectivity index (χ4v) is 3.33. The van der Waals surface area contributed by atoms with E-state index in [-0.39, 0.29) is 12.5 Å². The van der Waals surface area contributed by atoms with Crippen LogP contribution >= 0.6 is 11.3 Å². The van der Waals surface area contributed by atoms with E-state index in [2.05, 4.69) is 15.5 Å². The third-order valence-corrected chi connectivity index (χ3v) is 4.91. The van der Waals surface area contributed by atoms with E-state index < -0.39 is 6.10 Å². The van der Waals surface area contributed by atoms with Crippen molar-refractivity contribution in [2.45, 2.75) is 19.6 Å². The van der Waals surface area contributed by atoms with Gasteiger partial charge in [0.15, 0.2) is 6.10 Å². The van der Waals surface area contributed by atoms with Gasteiger partial charge in [0.1, 0.15) is 5.75 Å². The molecule has 7 heteroatoms. The number of hydrogen-bond donors (Lipinski definition) is 1. The Morgan fingerprint density at radius 1 is 1.19 bits per heavy atom. The molecule has 0 aliphatic carbocycles. The minimum Gasteiger partial charge on any atom is -0.480 e. The van der Waals surface area contributed by atoms with Crippen molar-refractivity contribution in [1.29, 1.82) is 0 Å². The minimum absolute atomic E-state index is 0.153. The van der Waals surface area contributed by atoms with Crippen molar-refractivity contribution >= 4 is 28.0 Å². The Labute approximate surface area is 159 Å². The van der Waals surface area contributed by atoms with Gasteiger partial charge in [-0.05, 0) is 29.8 Å². The van der Waals surface area contributed by atoms with Crippen LogP contribution in [-0.4, -0.2) is 22.2 Å². The number of ether oxygens (including phenoxy) is 1. The van der Waals surface area contributed by atoms with Gasteiger partial charge in [-0.3, -0.25) is 4.79 Å². The normalized spacial score (nSPS) is 12.0. The molecular formula is C20H17N3O3S. The number of carbonyl (C=O) groups excluding carboxylic acids is 1. The first-order chi connectivity index (χ1) is 13.2. The van der Waals surface area contributed by atoms with Crippen molar-refractivity contribution in [2.24, 2.45) is 0 Å². The summed E-state index contributed by atoms with van der Waals surface area (Å²) in [5, 5.41) is 10.7. The number of rotatable bonds is 6. The quantitative estimate of drug-likeness (QED) is 0.547. The van der Waals surface area contributed by atoms with Gasteiger partial charge in [0.2, 0.25) is 11.7 Å². The molecule has 0 aliphatic heterocycles. The van der Waals surface area contributed by atoms with E-state index in [9.17, 15) is 4.79 Å². The number of fused-ring (bicyclic) bond motifs is 1. The molecule has 4 rings (SSSR count). The molecule has 2 aromatic carbocycles. The molecule has 136 valence electrons. The molecule has 0 saturated carbocycles. The van der Waals surface area contributed by atoms with E-state index in [0.29, 0.717) is 17.5 Å². The predicted molar refractivity (Wildman–Crippen MR) is 103 cm³/mol. The van der Waals surface area contributed by atoms with Crippen LogP contribution in [0, 0.1) is 0 Å². The molecule has 4 aromatic rings. The number of benzene rings is 2. The minimum atomic E-state index is -0.657. The Bertz CT molecular complexity index is 1050. The van der Waals surface area contributed by atoms with Crippen LogP contribution in [-0.2, 0) is 11.3 Å². The Morgan fingerprint density at radius 2 is 2.04 bits per heavy atom. The van der Waals surface area contributed by atoms with Gasteiger partial charge in [0.25, 0.3) is 5.91 Å². The predicted octanol–water partition coefficient (Wildman–Crippen LogP) is 4.04. The molecule has 0 saturated heterocycles. The van der Waals surface area contributed by atoms with E-state index in [1.54, 1.807) is 6.92 Å². The largest absolute Gasteiger partial charge is 0.480 e. The number of hydrogen-bond acceptors (Lipinski definition) is 6. The maximum atomic E-state index is 12.4. The molecule has 1 atom stereocenters. The number of nitrogens with zero attached hydrogens (tertiary/aromatic N) is 2. The van der Waals surface area contributed by atoms with Gasteiger partial charge in [-0.15, -0.1) is 11.3 Å². The molecule has 0 radical (unpaired) electrons. The Kier molecular flexibility index (Phi) is 4.84. The van der Waals surface area contributed by atoms with E-state index in [1.807, 2.05) is 60.0 Å². The van der Waals surface area contributed by atoms with E-state index in [1.165, 1.54) is 11.3 Å². The molecule has 0 fully saturated rings. The molecule has 27 heavy (non-hydrogen) atoms. The first-order valence-electron chi connectivity index (χ1n) is 8.49. The monoisotopic (exact) mass is 379 g/mol. The maximum absolute atomic E-state index is 12.4. The Hall–Kier alpha value is -3.19. The van der Waals surface area contributed by atoms with Crippen LogP contribution in [0.1, 0.15) is 12.8 Å². The summed E-state index contributed by atoms with van der Waals surface area (Å²) in [4.78, 5) is 17.6. The van der Waals surface area contributed by atoms with Crippen molar-refractivity contribution in [2.75, 3.05) is 0 Å². The topological polar surface area (TPSA) is 77.2 Å². The van der Waals surface area contributed by atoms with Gasteiger partial charge >= 0.3 is 0 Å². The summed E-state index contributed by atoms with van der Waals surface area (Å²) < 4.78 is 11.0. The van der Waals surface area contributed by atoms with Crippen LogP contribution in [0.5, 0.6) is 5.75 Å². The van der Waals surface area contributed by atoms with Crippen LogP contribution < -0.4 is 10.1 Å². The number of carbonyl (C=O) groups is 1. The van der Waals surface area contributed by atoms with Crippen molar-refractivity contribution in [3.63, 3.8) is 0 Å². The smallest absolute Gasteiger partial charge is 0.261 e. The zero-order chi connectivity index (χ0) is 18.6. The van der Waals surface area contributed by atoms with Crippen LogP contribution in [0.3, 0.4) is 0 Å². The highest BCUT2D eigenvalue weighted by atomic mass is 32.1. The standard InChI is InChI=1S/C20H17N3O3S/c1-13(25-16-9-4-7-14-6-2-3-8-15(14)16)20(24)21-12-18-22-19(23-26-18)17-10-5-11-27-17/h2-11,13H,12H2,1H3,(H,21,24). The fourth-order valence-electron chi connectivity index (χ4n) is 2.68. The Balaban J connectivity index is 1.38. The third kappa shape index (κ3) is 3.83. The van der Waals surface area contributed by atoms with Crippen molar-refractivity contribution in [3.8, 4) is 16.5 Å². The van der Waals surface area contributed by atoms with Gasteiger partial charge in [-0.2, -0.15) is 4.98 Å².